The van der Waals surface area contributed by atoms with Gasteiger partial charge in [-0.1, -0.05) is 36.0 Å². The van der Waals surface area contributed by atoms with Crippen LogP contribution in [0.3, 0.4) is 0 Å². The molecule has 1 fully saturated rings. The van der Waals surface area contributed by atoms with Crippen molar-refractivity contribution in [2.24, 2.45) is 0 Å². The molecule has 3 rings (SSSR count). The number of hydrogen-bond donors (Lipinski definition) is 2. The first-order chi connectivity index (χ1) is 13.5. The summed E-state index contributed by atoms with van der Waals surface area (Å²) < 4.78 is 24.7. The zero-order valence-electron chi connectivity index (χ0n) is 15.5. The Hall–Kier alpha value is -1.96. The number of carbonyl (C=O) groups is 1. The molecule has 1 amide bonds. The smallest absolute Gasteiger partial charge is 0.288 e. The van der Waals surface area contributed by atoms with E-state index in [4.69, 9.17) is 0 Å². The van der Waals surface area contributed by atoms with E-state index in [0.717, 1.165) is 38.0 Å². The van der Waals surface area contributed by atoms with Crippen molar-refractivity contribution in [3.8, 4) is 0 Å². The predicted molar refractivity (Wildman–Crippen MR) is 106 cm³/mol. The molecule has 2 N–H and O–H groups in total. The van der Waals surface area contributed by atoms with Crippen LogP contribution < -0.4 is 5.32 Å². The minimum atomic E-state index is -2.47. The quantitative estimate of drug-likeness (QED) is 0.685. The first-order valence-electron chi connectivity index (χ1n) is 9.31. The number of benzene rings is 2. The fourth-order valence-electron chi connectivity index (χ4n) is 3.17. The highest BCUT2D eigenvalue weighted by Crippen LogP contribution is 2.25. The number of hydrogen-bond acceptors (Lipinski definition) is 4. The maximum atomic E-state index is 12.3. The van der Waals surface area contributed by atoms with Crippen molar-refractivity contribution in [2.45, 2.75) is 42.7 Å². The SMILES string of the molecule is O=C(NCc1ccc(CN2CCC(O)CC2)cc1)c1ccc(SC(F)F)cc1. The lowest BCUT2D eigenvalue weighted by molar-refractivity contribution is 0.0792. The zero-order valence-corrected chi connectivity index (χ0v) is 16.3. The number of likely N-dealkylation sites (tertiary alicyclic amines) is 1. The van der Waals surface area contributed by atoms with Crippen LogP contribution in [0.2, 0.25) is 0 Å². The summed E-state index contributed by atoms with van der Waals surface area (Å²) in [7, 11) is 0. The standard InChI is InChI=1S/C21H24F2N2O2S/c22-21(23)28-19-7-5-17(6-8-19)20(27)24-13-15-1-3-16(4-2-15)14-25-11-9-18(26)10-12-25/h1-8,18,21,26H,9-14H2,(H,24,27). The molecule has 0 spiro atoms. The fourth-order valence-corrected chi connectivity index (χ4v) is 3.67. The Balaban J connectivity index is 1.47. The molecule has 7 heteroatoms. The van der Waals surface area contributed by atoms with Crippen LogP contribution in [0, 0.1) is 0 Å². The molecule has 1 aliphatic heterocycles. The molecule has 0 aromatic heterocycles. The van der Waals surface area contributed by atoms with Crippen molar-refractivity contribution >= 4 is 17.7 Å². The largest absolute Gasteiger partial charge is 0.393 e. The van der Waals surface area contributed by atoms with Crippen LogP contribution >= 0.6 is 11.8 Å². The molecule has 0 radical (unpaired) electrons. The average Bonchev–Trinajstić information content (AvgIpc) is 2.69. The van der Waals surface area contributed by atoms with E-state index in [9.17, 15) is 18.7 Å². The molecule has 28 heavy (non-hydrogen) atoms. The third kappa shape index (κ3) is 6.29. The molecule has 0 unspecified atom stereocenters. The highest BCUT2D eigenvalue weighted by molar-refractivity contribution is 7.99. The molecular weight excluding hydrogens is 382 g/mol. The van der Waals surface area contributed by atoms with Crippen molar-refractivity contribution in [1.82, 2.24) is 10.2 Å². The Morgan fingerprint density at radius 1 is 1.07 bits per heavy atom. The number of aliphatic hydroxyl groups is 1. The van der Waals surface area contributed by atoms with Crippen LogP contribution in [0.4, 0.5) is 8.78 Å². The van der Waals surface area contributed by atoms with E-state index in [1.807, 2.05) is 12.1 Å². The Bertz CT molecular complexity index is 761. The van der Waals surface area contributed by atoms with Gasteiger partial charge in [0.05, 0.1) is 6.10 Å². The van der Waals surface area contributed by atoms with E-state index in [1.165, 1.54) is 17.7 Å². The summed E-state index contributed by atoms with van der Waals surface area (Å²) in [5.74, 6) is -2.70. The molecule has 1 heterocycles. The second-order valence-corrected chi connectivity index (χ2v) is 7.97. The maximum absolute atomic E-state index is 12.3. The van der Waals surface area contributed by atoms with Crippen LogP contribution in [-0.4, -0.2) is 40.9 Å². The highest BCUT2D eigenvalue weighted by atomic mass is 32.2. The number of alkyl halides is 2. The van der Waals surface area contributed by atoms with Gasteiger partial charge in [0, 0.05) is 36.6 Å². The number of nitrogens with one attached hydrogen (secondary N) is 1. The number of thioether (sulfide) groups is 1. The predicted octanol–water partition coefficient (Wildman–Crippen LogP) is 3.89. The van der Waals surface area contributed by atoms with Crippen LogP contribution in [0.1, 0.15) is 34.3 Å². The lowest BCUT2D eigenvalue weighted by atomic mass is 10.1. The fraction of sp³-hybridized carbons (Fsp3) is 0.381. The van der Waals surface area contributed by atoms with Gasteiger partial charge in [-0.15, -0.1) is 0 Å². The van der Waals surface area contributed by atoms with Crippen molar-refractivity contribution in [3.63, 3.8) is 0 Å². The van der Waals surface area contributed by atoms with Crippen molar-refractivity contribution in [2.75, 3.05) is 13.1 Å². The van der Waals surface area contributed by atoms with E-state index in [1.54, 1.807) is 12.1 Å². The summed E-state index contributed by atoms with van der Waals surface area (Å²) in [6.45, 7) is 3.09. The molecular formula is C21H24F2N2O2S. The maximum Gasteiger partial charge on any atom is 0.288 e. The first kappa shape index (κ1) is 20.8. The Labute approximate surface area is 167 Å². The molecule has 0 atom stereocenters. The van der Waals surface area contributed by atoms with E-state index in [2.05, 4.69) is 22.3 Å². The third-order valence-electron chi connectivity index (χ3n) is 4.78. The minimum Gasteiger partial charge on any atom is -0.393 e. The van der Waals surface area contributed by atoms with Crippen LogP contribution in [0.5, 0.6) is 0 Å². The summed E-state index contributed by atoms with van der Waals surface area (Å²) in [6, 6.07) is 14.3. The third-order valence-corrected chi connectivity index (χ3v) is 5.50. The van der Waals surface area contributed by atoms with Crippen molar-refractivity contribution in [1.29, 1.82) is 0 Å². The van der Waals surface area contributed by atoms with Gasteiger partial charge < -0.3 is 10.4 Å². The lowest BCUT2D eigenvalue weighted by Gasteiger charge is -2.29. The van der Waals surface area contributed by atoms with Crippen molar-refractivity contribution < 1.29 is 18.7 Å². The summed E-state index contributed by atoms with van der Waals surface area (Å²) >= 11 is 0.462. The van der Waals surface area contributed by atoms with E-state index in [-0.39, 0.29) is 12.0 Å². The zero-order chi connectivity index (χ0) is 19.9. The van der Waals surface area contributed by atoms with Crippen LogP contribution in [-0.2, 0) is 13.1 Å². The average molecular weight is 406 g/mol. The van der Waals surface area contributed by atoms with Gasteiger partial charge in [-0.05, 0) is 48.2 Å². The molecule has 1 saturated heterocycles. The van der Waals surface area contributed by atoms with Crippen molar-refractivity contribution in [3.05, 3.63) is 65.2 Å². The number of aliphatic hydroxyl groups excluding tert-OH is 1. The summed E-state index contributed by atoms with van der Waals surface area (Å²) in [4.78, 5) is 15.0. The highest BCUT2D eigenvalue weighted by Gasteiger charge is 2.16. The van der Waals surface area contributed by atoms with Gasteiger partial charge in [-0.25, -0.2) is 0 Å². The lowest BCUT2D eigenvalue weighted by Crippen LogP contribution is -2.35. The summed E-state index contributed by atoms with van der Waals surface area (Å²) in [6.07, 6.45) is 1.49. The Morgan fingerprint density at radius 2 is 1.68 bits per heavy atom. The molecule has 0 saturated carbocycles. The van der Waals surface area contributed by atoms with E-state index < -0.39 is 5.76 Å². The second kappa shape index (κ2) is 10.0. The van der Waals surface area contributed by atoms with E-state index >= 15 is 0 Å². The topological polar surface area (TPSA) is 52.6 Å². The minimum absolute atomic E-state index is 0.165. The molecule has 2 aromatic rings. The molecule has 150 valence electrons. The van der Waals surface area contributed by atoms with Gasteiger partial charge in [0.2, 0.25) is 0 Å². The van der Waals surface area contributed by atoms with Gasteiger partial charge in [-0.2, -0.15) is 8.78 Å². The molecule has 0 aliphatic carbocycles. The molecule has 4 nitrogen and oxygen atoms in total. The second-order valence-electron chi connectivity index (χ2n) is 6.91. The van der Waals surface area contributed by atoms with E-state index in [0.29, 0.717) is 28.8 Å². The number of piperidine rings is 1. The first-order valence-corrected chi connectivity index (χ1v) is 10.2. The number of amides is 1. The van der Waals surface area contributed by atoms with Gasteiger partial charge in [0.25, 0.3) is 11.7 Å². The van der Waals surface area contributed by atoms with Gasteiger partial charge in [0.1, 0.15) is 0 Å². The monoisotopic (exact) mass is 406 g/mol. The number of nitrogens with zero attached hydrogens (tertiary/aromatic N) is 1. The van der Waals surface area contributed by atoms with Gasteiger partial charge in [-0.3, -0.25) is 9.69 Å². The molecule has 2 aromatic carbocycles. The summed E-state index contributed by atoms with van der Waals surface area (Å²) in [5, 5.41) is 12.4. The molecule has 1 aliphatic rings. The van der Waals surface area contributed by atoms with Gasteiger partial charge >= 0.3 is 0 Å². The van der Waals surface area contributed by atoms with Gasteiger partial charge in [0.15, 0.2) is 0 Å². The Morgan fingerprint density at radius 3 is 2.29 bits per heavy atom. The Kier molecular flexibility index (Phi) is 7.42. The summed E-state index contributed by atoms with van der Waals surface area (Å²) in [5.41, 5.74) is 2.65. The normalized spacial score (nSPS) is 15.7. The number of carbonyl (C=O) groups excluding carboxylic acids is 1. The molecule has 0 bridgehead atoms. The number of rotatable bonds is 7. The number of halogens is 2. The van der Waals surface area contributed by atoms with Crippen LogP contribution in [0.15, 0.2) is 53.4 Å². The van der Waals surface area contributed by atoms with Crippen LogP contribution in [0.25, 0.3) is 0 Å².